The topological polar surface area (TPSA) is 133 Å². The Morgan fingerprint density at radius 2 is 1.71 bits per heavy atom. The van der Waals surface area contributed by atoms with Crippen LogP contribution in [-0.4, -0.2) is 48.0 Å². The minimum Gasteiger partial charge on any atom is -0.382 e. The van der Waals surface area contributed by atoms with Crippen molar-refractivity contribution in [3.63, 3.8) is 0 Å². The van der Waals surface area contributed by atoms with Crippen LogP contribution in [-0.2, 0) is 21.1 Å². The van der Waals surface area contributed by atoms with Crippen molar-refractivity contribution in [1.29, 1.82) is 0 Å². The lowest BCUT2D eigenvalue weighted by molar-refractivity contribution is 0.0776. The molecule has 1 aliphatic rings. The maximum absolute atomic E-state index is 12.4. The second kappa shape index (κ2) is 11.0. The van der Waals surface area contributed by atoms with Crippen molar-refractivity contribution in [2.75, 3.05) is 18.9 Å². The molecule has 1 unspecified atom stereocenters. The Bertz CT molecular complexity index is 1530. The number of hydrogen-bond acceptors (Lipinski definition) is 9. The zero-order valence-electron chi connectivity index (χ0n) is 22.3. The average Bonchev–Trinajstić information content (AvgIpc) is 3.44. The van der Waals surface area contributed by atoms with Crippen LogP contribution in [0.1, 0.15) is 33.6 Å². The molecule has 3 heterocycles. The van der Waals surface area contributed by atoms with E-state index in [1.807, 2.05) is 24.3 Å². The van der Waals surface area contributed by atoms with Crippen LogP contribution >= 0.6 is 0 Å². The van der Waals surface area contributed by atoms with Gasteiger partial charge in [-0.2, -0.15) is 0 Å². The molecule has 2 aromatic heterocycles. The maximum Gasteiger partial charge on any atom is 0.189 e. The molecule has 198 valence electrons. The molecule has 0 aliphatic carbocycles. The van der Waals surface area contributed by atoms with Crippen molar-refractivity contribution in [2.45, 2.75) is 49.4 Å². The average molecular weight is 535 g/mol. The number of aromatic nitrogens is 3. The number of ether oxygens (including phenoxy) is 1. The van der Waals surface area contributed by atoms with Gasteiger partial charge in [-0.25, -0.2) is 18.4 Å². The van der Waals surface area contributed by atoms with Crippen molar-refractivity contribution in [1.82, 2.24) is 20.4 Å². The van der Waals surface area contributed by atoms with Crippen molar-refractivity contribution in [3.8, 4) is 34.0 Å². The van der Waals surface area contributed by atoms with Crippen LogP contribution in [0.4, 0.5) is 5.82 Å². The molecule has 10 heteroatoms. The summed E-state index contributed by atoms with van der Waals surface area (Å²) < 4.78 is 44.3. The second-order valence-electron chi connectivity index (χ2n) is 9.50. The van der Waals surface area contributed by atoms with Gasteiger partial charge in [-0.05, 0) is 44.4 Å². The maximum atomic E-state index is 12.4. The minimum absolute atomic E-state index is 0.187. The highest BCUT2D eigenvalue weighted by atomic mass is 32.2. The monoisotopic (exact) mass is 534 g/mol. The third kappa shape index (κ3) is 5.62. The number of rotatable bonds is 8. The molecule has 1 saturated heterocycles. The summed E-state index contributed by atoms with van der Waals surface area (Å²) in [7, 11) is -3.37. The number of nitrogens with zero attached hydrogens (tertiary/aromatic N) is 3. The summed E-state index contributed by atoms with van der Waals surface area (Å²) in [4.78, 5) is 9.15. The zero-order chi connectivity index (χ0) is 27.6. The van der Waals surface area contributed by atoms with Gasteiger partial charge < -0.3 is 20.3 Å². The first-order valence-electron chi connectivity index (χ1n) is 13.1. The number of nitrogens with two attached hydrogens (primary N) is 1. The molecule has 0 radical (unpaired) electrons. The number of nitrogen functional groups attached to an aromatic ring is 1. The van der Waals surface area contributed by atoms with Crippen LogP contribution < -0.4 is 11.1 Å². The van der Waals surface area contributed by atoms with Crippen LogP contribution in [0.5, 0.6) is 0 Å². The van der Waals surface area contributed by atoms with Gasteiger partial charge in [-0.15, -0.1) is 0 Å². The van der Waals surface area contributed by atoms with Gasteiger partial charge >= 0.3 is 0 Å². The predicted molar refractivity (Wildman–Crippen MR) is 146 cm³/mol. The van der Waals surface area contributed by atoms with E-state index in [4.69, 9.17) is 16.4 Å². The van der Waals surface area contributed by atoms with Crippen molar-refractivity contribution < 1.29 is 19.0 Å². The van der Waals surface area contributed by atoms with Gasteiger partial charge in [0, 0.05) is 44.3 Å². The highest BCUT2D eigenvalue weighted by Crippen LogP contribution is 2.30. The van der Waals surface area contributed by atoms with E-state index in [1.54, 1.807) is 44.2 Å². The molecule has 1 aliphatic heterocycles. The summed E-state index contributed by atoms with van der Waals surface area (Å²) in [6.07, 6.45) is 3.36. The standard InChI is InChI=1S/C28H31N5O4S/c1-18(2)38(34,35)23-9-7-21(8-10-23)25-17-31-28(29)27(32-25)26-15-24(33-37-26)20-5-3-19(4-6-20)16-30-22-11-13-36-14-12-22/h3-10,15,17-18,22,30H,11-14,16H2,1-2H3,(H2,29,31)/i16D. The fraction of sp³-hybridized carbons (Fsp3) is 0.321. The molecule has 0 saturated carbocycles. The molecule has 0 bridgehead atoms. The molecule has 9 nitrogen and oxygen atoms in total. The summed E-state index contributed by atoms with van der Waals surface area (Å²) in [5.74, 6) is 0.548. The Kier molecular flexibility index (Phi) is 7.17. The van der Waals surface area contributed by atoms with Gasteiger partial charge in [0.05, 0.1) is 22.0 Å². The van der Waals surface area contributed by atoms with Gasteiger partial charge in [0.2, 0.25) is 0 Å². The van der Waals surface area contributed by atoms with E-state index in [1.165, 1.54) is 6.20 Å². The number of sulfone groups is 1. The number of benzene rings is 2. The molecule has 0 spiro atoms. The van der Waals surface area contributed by atoms with Crippen LogP contribution in [0.15, 0.2) is 70.2 Å². The minimum atomic E-state index is -3.37. The smallest absolute Gasteiger partial charge is 0.189 e. The third-order valence-corrected chi connectivity index (χ3v) is 8.73. The quantitative estimate of drug-likeness (QED) is 0.335. The first kappa shape index (κ1) is 24.7. The highest BCUT2D eigenvalue weighted by Gasteiger charge is 2.20. The molecule has 3 N–H and O–H groups in total. The van der Waals surface area contributed by atoms with Gasteiger partial charge in [0.1, 0.15) is 5.69 Å². The Balaban J connectivity index is 1.33. The highest BCUT2D eigenvalue weighted by molar-refractivity contribution is 7.92. The Hall–Kier alpha value is -3.60. The first-order valence-corrected chi connectivity index (χ1v) is 14.1. The molecular weight excluding hydrogens is 502 g/mol. The SMILES string of the molecule is [2H]C(NC1CCOCC1)c1ccc(-c2cc(-c3nc(-c4ccc(S(=O)(=O)C(C)C)cc4)cnc3N)on2)cc1. The lowest BCUT2D eigenvalue weighted by Crippen LogP contribution is -2.34. The molecule has 5 rings (SSSR count). The third-order valence-electron chi connectivity index (χ3n) is 6.56. The Labute approximate surface area is 223 Å². The summed E-state index contributed by atoms with van der Waals surface area (Å²) >= 11 is 0. The van der Waals surface area contributed by atoms with E-state index >= 15 is 0 Å². The summed E-state index contributed by atoms with van der Waals surface area (Å²) in [5.41, 5.74) is 9.97. The van der Waals surface area contributed by atoms with Gasteiger partial charge in [-0.1, -0.05) is 41.6 Å². The zero-order valence-corrected chi connectivity index (χ0v) is 22.1. The van der Waals surface area contributed by atoms with Crippen molar-refractivity contribution in [2.24, 2.45) is 0 Å². The largest absolute Gasteiger partial charge is 0.382 e. The first-order chi connectivity index (χ1) is 18.7. The van der Waals surface area contributed by atoms with Crippen LogP contribution in [0.2, 0.25) is 0 Å². The molecule has 38 heavy (non-hydrogen) atoms. The lowest BCUT2D eigenvalue weighted by atomic mass is 10.1. The van der Waals surface area contributed by atoms with E-state index in [-0.39, 0.29) is 16.8 Å². The fourth-order valence-corrected chi connectivity index (χ4v) is 5.22. The van der Waals surface area contributed by atoms with Crippen molar-refractivity contribution >= 4 is 15.7 Å². The van der Waals surface area contributed by atoms with E-state index < -0.39 is 21.6 Å². The number of anilines is 1. The fourth-order valence-electron chi connectivity index (χ4n) is 4.16. The Morgan fingerprint density at radius 1 is 1.05 bits per heavy atom. The summed E-state index contributed by atoms with van der Waals surface area (Å²) in [5, 5.41) is 7.03. The van der Waals surface area contributed by atoms with Gasteiger partial charge in [-0.3, -0.25) is 0 Å². The number of hydrogen-bond donors (Lipinski definition) is 2. The van der Waals surface area contributed by atoms with E-state index in [2.05, 4.69) is 20.4 Å². The Morgan fingerprint density at radius 3 is 2.39 bits per heavy atom. The van der Waals surface area contributed by atoms with Crippen molar-refractivity contribution in [3.05, 3.63) is 66.4 Å². The summed E-state index contributed by atoms with van der Waals surface area (Å²) in [6, 6.07) is 16.2. The molecule has 2 aromatic carbocycles. The normalized spacial score (nSPS) is 15.9. The van der Waals surface area contributed by atoms with Gasteiger partial charge in [0.15, 0.2) is 27.1 Å². The molecular formula is C28H31N5O4S. The summed E-state index contributed by atoms with van der Waals surface area (Å²) in [6.45, 7) is 4.24. The van der Waals surface area contributed by atoms with Crippen LogP contribution in [0.25, 0.3) is 34.0 Å². The lowest BCUT2D eigenvalue weighted by Gasteiger charge is -2.23. The molecule has 0 amide bonds. The van der Waals surface area contributed by atoms with E-state index in [9.17, 15) is 8.42 Å². The molecule has 4 aromatic rings. The van der Waals surface area contributed by atoms with Gasteiger partial charge in [0.25, 0.3) is 0 Å². The number of nitrogens with one attached hydrogen (secondary N) is 1. The predicted octanol–water partition coefficient (Wildman–Crippen LogP) is 4.50. The van der Waals surface area contributed by atoms with Crippen LogP contribution in [0.3, 0.4) is 0 Å². The molecule has 1 atom stereocenters. The van der Waals surface area contributed by atoms with Crippen LogP contribution in [0, 0.1) is 0 Å². The van der Waals surface area contributed by atoms with E-state index in [0.717, 1.165) is 37.2 Å². The molecule has 1 fully saturated rings. The van der Waals surface area contributed by atoms with E-state index in [0.29, 0.717) is 28.4 Å². The second-order valence-corrected chi connectivity index (χ2v) is 12.0.